The van der Waals surface area contributed by atoms with Crippen LogP contribution < -0.4 is 18.9 Å². The van der Waals surface area contributed by atoms with Crippen molar-refractivity contribution in [2.75, 3.05) is 52.0 Å². The average Bonchev–Trinajstić information content (AvgIpc) is 2.77. The normalized spacial score (nSPS) is 15.9. The largest absolute Gasteiger partial charge is 0.487 e. The van der Waals surface area contributed by atoms with Crippen LogP contribution in [0.25, 0.3) is 0 Å². The summed E-state index contributed by atoms with van der Waals surface area (Å²) >= 11 is 0. The van der Waals surface area contributed by atoms with Gasteiger partial charge in [0.25, 0.3) is 10.1 Å². The Bertz CT molecular complexity index is 883. The van der Waals surface area contributed by atoms with Gasteiger partial charge in [0.15, 0.2) is 23.0 Å². The quantitative estimate of drug-likeness (QED) is 0.382. The van der Waals surface area contributed by atoms with E-state index in [1.807, 2.05) is 24.3 Å². The van der Waals surface area contributed by atoms with E-state index < -0.39 is 16.2 Å². The molecular formula is C22H28NaO9S. The monoisotopic (exact) mass is 491 g/mol. The third-order valence-corrected chi connectivity index (χ3v) is 5.22. The molecule has 0 aromatic heterocycles. The molecule has 0 bridgehead atoms. The minimum absolute atomic E-state index is 0. The molecule has 0 saturated heterocycles. The van der Waals surface area contributed by atoms with Crippen molar-refractivity contribution in [3.8, 4) is 23.0 Å². The van der Waals surface area contributed by atoms with Crippen LogP contribution in [0.5, 0.6) is 23.0 Å². The maximum absolute atomic E-state index is 10.9. The molecule has 0 fully saturated rings. The van der Waals surface area contributed by atoms with E-state index >= 15 is 0 Å². The van der Waals surface area contributed by atoms with E-state index in [0.717, 1.165) is 0 Å². The maximum Gasteiger partial charge on any atom is 0.264 e. The predicted octanol–water partition coefficient (Wildman–Crippen LogP) is 2.21. The molecule has 1 aliphatic heterocycles. The van der Waals surface area contributed by atoms with Crippen molar-refractivity contribution in [2.45, 2.75) is 12.5 Å². The van der Waals surface area contributed by atoms with E-state index in [4.69, 9.17) is 33.0 Å². The van der Waals surface area contributed by atoms with Gasteiger partial charge in [-0.3, -0.25) is 4.55 Å². The summed E-state index contributed by atoms with van der Waals surface area (Å²) in [6, 6.07) is 14.5. The second-order valence-electron chi connectivity index (χ2n) is 6.96. The van der Waals surface area contributed by atoms with Gasteiger partial charge in [-0.15, -0.1) is 0 Å². The molecule has 2 aromatic rings. The number of fused-ring (bicyclic) bond motifs is 2. The van der Waals surface area contributed by atoms with Crippen LogP contribution >= 0.6 is 0 Å². The summed E-state index contributed by atoms with van der Waals surface area (Å²) < 4.78 is 65.5. The van der Waals surface area contributed by atoms with Crippen LogP contribution in [-0.2, 0) is 19.6 Å². The molecule has 0 spiro atoms. The summed E-state index contributed by atoms with van der Waals surface area (Å²) in [5.74, 6) is 1.88. The summed E-state index contributed by atoms with van der Waals surface area (Å²) in [5.41, 5.74) is 0. The van der Waals surface area contributed by atoms with Gasteiger partial charge >= 0.3 is 0 Å². The van der Waals surface area contributed by atoms with Gasteiger partial charge in [-0.05, 0) is 30.7 Å². The van der Waals surface area contributed by atoms with E-state index in [-0.39, 0.29) is 61.6 Å². The first-order valence-corrected chi connectivity index (χ1v) is 12.0. The number of hydrogen-bond donors (Lipinski definition) is 1. The molecule has 0 saturated carbocycles. The fourth-order valence-corrected chi connectivity index (χ4v) is 3.38. The van der Waals surface area contributed by atoms with Crippen molar-refractivity contribution in [2.24, 2.45) is 0 Å². The molecule has 0 unspecified atom stereocenters. The predicted molar refractivity (Wildman–Crippen MR) is 122 cm³/mol. The van der Waals surface area contributed by atoms with Crippen LogP contribution in [0.1, 0.15) is 6.42 Å². The molecule has 3 rings (SSSR count). The molecule has 33 heavy (non-hydrogen) atoms. The standard InChI is InChI=1S/C22H28O9S.Na/c23-32(24,25)15-5-10-27-18-16-30-21-8-3-1-6-19(21)28-13-11-26-12-14-29-20-7-2-4-9-22(20)31-17-18;/h1-4,6-9,18H,5,10-17H2,(H,23,24,25);. The van der Waals surface area contributed by atoms with Crippen LogP contribution in [0.3, 0.4) is 0 Å². The van der Waals surface area contributed by atoms with Gasteiger partial charge < -0.3 is 28.4 Å². The van der Waals surface area contributed by atoms with E-state index in [1.54, 1.807) is 24.3 Å². The summed E-state index contributed by atoms with van der Waals surface area (Å²) in [5, 5.41) is 0. The molecule has 1 radical (unpaired) electrons. The Morgan fingerprint density at radius 1 is 0.788 bits per heavy atom. The van der Waals surface area contributed by atoms with Gasteiger partial charge in [0.05, 0.1) is 19.0 Å². The number of para-hydroxylation sites is 4. The molecule has 1 N–H and O–H groups in total. The molecular weight excluding hydrogens is 463 g/mol. The number of rotatable bonds is 5. The first-order chi connectivity index (χ1) is 15.5. The molecule has 1 aliphatic rings. The van der Waals surface area contributed by atoms with Crippen molar-refractivity contribution >= 4 is 39.7 Å². The van der Waals surface area contributed by atoms with Gasteiger partial charge in [-0.2, -0.15) is 8.42 Å². The molecule has 1 heterocycles. The van der Waals surface area contributed by atoms with Crippen LogP contribution in [0.15, 0.2) is 48.5 Å². The van der Waals surface area contributed by atoms with Gasteiger partial charge in [0.1, 0.15) is 32.5 Å². The topological polar surface area (TPSA) is 110 Å². The molecule has 2 aromatic carbocycles. The van der Waals surface area contributed by atoms with Gasteiger partial charge in [0, 0.05) is 36.2 Å². The Kier molecular flexibility index (Phi) is 12.3. The molecule has 0 aliphatic carbocycles. The maximum atomic E-state index is 10.9. The summed E-state index contributed by atoms with van der Waals surface area (Å²) in [7, 11) is -4.04. The molecule has 11 heteroatoms. The van der Waals surface area contributed by atoms with Crippen molar-refractivity contribution in [3.63, 3.8) is 0 Å². The number of hydrogen-bond acceptors (Lipinski definition) is 8. The van der Waals surface area contributed by atoms with Crippen LogP contribution in [0.4, 0.5) is 0 Å². The zero-order chi connectivity index (χ0) is 22.7. The second-order valence-corrected chi connectivity index (χ2v) is 8.53. The SMILES string of the molecule is O=S(=O)(O)CCCOC1COc2ccccc2OCCOCCOc2ccccc2OC1.[Na]. The number of ether oxygens (including phenoxy) is 6. The summed E-state index contributed by atoms with van der Waals surface area (Å²) in [6.45, 7) is 1.91. The van der Waals surface area contributed by atoms with Crippen LogP contribution in [0, 0.1) is 0 Å². The molecule has 0 amide bonds. The van der Waals surface area contributed by atoms with Crippen molar-refractivity contribution in [1.82, 2.24) is 0 Å². The smallest absolute Gasteiger partial charge is 0.264 e. The summed E-state index contributed by atoms with van der Waals surface area (Å²) in [4.78, 5) is 0. The Balaban J connectivity index is 0.00000385. The number of benzene rings is 2. The fourth-order valence-electron chi connectivity index (χ4n) is 2.90. The minimum Gasteiger partial charge on any atom is -0.487 e. The first kappa shape index (κ1) is 27.7. The van der Waals surface area contributed by atoms with E-state index in [2.05, 4.69) is 0 Å². The van der Waals surface area contributed by atoms with Crippen LogP contribution in [0.2, 0.25) is 0 Å². The van der Waals surface area contributed by atoms with Gasteiger partial charge in [-0.1, -0.05) is 24.3 Å². The van der Waals surface area contributed by atoms with E-state index in [0.29, 0.717) is 49.4 Å². The second kappa shape index (κ2) is 14.7. The zero-order valence-corrected chi connectivity index (χ0v) is 21.5. The van der Waals surface area contributed by atoms with Gasteiger partial charge in [0.2, 0.25) is 0 Å². The average molecular weight is 492 g/mol. The molecule has 0 atom stereocenters. The molecule has 177 valence electrons. The third-order valence-electron chi connectivity index (χ3n) is 4.42. The van der Waals surface area contributed by atoms with Gasteiger partial charge in [-0.25, -0.2) is 0 Å². The summed E-state index contributed by atoms with van der Waals surface area (Å²) in [6.07, 6.45) is -0.358. The van der Waals surface area contributed by atoms with Crippen molar-refractivity contribution in [3.05, 3.63) is 48.5 Å². The van der Waals surface area contributed by atoms with E-state index in [9.17, 15) is 8.42 Å². The molecule has 9 nitrogen and oxygen atoms in total. The fraction of sp³-hybridized carbons (Fsp3) is 0.455. The van der Waals surface area contributed by atoms with E-state index in [1.165, 1.54) is 0 Å². The first-order valence-electron chi connectivity index (χ1n) is 10.3. The van der Waals surface area contributed by atoms with Crippen LogP contribution in [-0.4, -0.2) is 101 Å². The zero-order valence-electron chi connectivity index (χ0n) is 18.7. The Labute approximate surface area is 216 Å². The third kappa shape index (κ3) is 10.5. The Morgan fingerprint density at radius 3 is 1.70 bits per heavy atom. The van der Waals surface area contributed by atoms with Crippen molar-refractivity contribution < 1.29 is 41.4 Å². The van der Waals surface area contributed by atoms with Crippen molar-refractivity contribution in [1.29, 1.82) is 0 Å². The minimum atomic E-state index is -4.04. The Hall–Kier alpha value is -1.53. The Morgan fingerprint density at radius 2 is 1.24 bits per heavy atom.